The predicted octanol–water partition coefficient (Wildman–Crippen LogP) is 5.57. The molecule has 0 bridgehead atoms. The first-order valence-corrected chi connectivity index (χ1v) is 8.45. The number of methoxy groups -OCH3 is 1. The van der Waals surface area contributed by atoms with Crippen molar-refractivity contribution in [2.75, 3.05) is 20.3 Å². The maximum atomic E-state index is 6.54. The van der Waals surface area contributed by atoms with Crippen molar-refractivity contribution in [3.05, 3.63) is 62.5 Å². The Morgan fingerprint density at radius 3 is 2.29 bits per heavy atom. The molecule has 0 aliphatic heterocycles. The van der Waals surface area contributed by atoms with E-state index in [1.165, 1.54) is 0 Å². The molecule has 0 heterocycles. The highest BCUT2D eigenvalue weighted by molar-refractivity contribution is 9.10. The average Bonchev–Trinajstić information content (AvgIpc) is 2.49. The van der Waals surface area contributed by atoms with E-state index >= 15 is 0 Å². The van der Waals surface area contributed by atoms with Crippen LogP contribution in [0.15, 0.2) is 51.4 Å². The molecule has 0 aromatic heterocycles. The highest BCUT2D eigenvalue weighted by Crippen LogP contribution is 2.34. The van der Waals surface area contributed by atoms with Gasteiger partial charge in [-0.3, -0.25) is 0 Å². The smallest absolute Gasteiger partial charge is 0.133 e. The van der Waals surface area contributed by atoms with Crippen molar-refractivity contribution in [2.45, 2.75) is 5.38 Å². The molecule has 1 unspecified atom stereocenters. The van der Waals surface area contributed by atoms with E-state index in [1.807, 2.05) is 42.5 Å². The molecule has 0 aliphatic carbocycles. The zero-order valence-corrected chi connectivity index (χ0v) is 15.4. The molecule has 1 atom stereocenters. The summed E-state index contributed by atoms with van der Waals surface area (Å²) in [6.45, 7) is 1.08. The minimum atomic E-state index is -0.192. The summed E-state index contributed by atoms with van der Waals surface area (Å²) in [4.78, 5) is 0. The summed E-state index contributed by atoms with van der Waals surface area (Å²) in [7, 11) is 1.65. The van der Waals surface area contributed by atoms with E-state index in [2.05, 4.69) is 31.9 Å². The van der Waals surface area contributed by atoms with Gasteiger partial charge in [-0.25, -0.2) is 0 Å². The molecule has 2 nitrogen and oxygen atoms in total. The Labute approximate surface area is 146 Å². The zero-order valence-electron chi connectivity index (χ0n) is 11.5. The van der Waals surface area contributed by atoms with Crippen LogP contribution in [0.4, 0.5) is 0 Å². The first-order chi connectivity index (χ1) is 10.1. The van der Waals surface area contributed by atoms with Crippen LogP contribution in [-0.2, 0) is 4.74 Å². The van der Waals surface area contributed by atoms with Crippen LogP contribution >= 0.6 is 43.5 Å². The third-order valence-corrected chi connectivity index (χ3v) is 4.61. The number of benzene rings is 2. The van der Waals surface area contributed by atoms with Gasteiger partial charge in [-0.05, 0) is 51.3 Å². The second-order valence-corrected chi connectivity index (χ2v) is 6.65. The molecular formula is C16H15Br2ClO2. The van der Waals surface area contributed by atoms with Gasteiger partial charge in [0.1, 0.15) is 12.4 Å². The van der Waals surface area contributed by atoms with Gasteiger partial charge in [0.05, 0.1) is 16.5 Å². The van der Waals surface area contributed by atoms with Gasteiger partial charge in [-0.2, -0.15) is 0 Å². The van der Waals surface area contributed by atoms with Crippen LogP contribution in [0.2, 0.25) is 0 Å². The molecule has 0 saturated heterocycles. The summed E-state index contributed by atoms with van der Waals surface area (Å²) in [5, 5.41) is -0.192. The van der Waals surface area contributed by atoms with E-state index in [1.54, 1.807) is 7.11 Å². The van der Waals surface area contributed by atoms with Crippen LogP contribution in [0.25, 0.3) is 0 Å². The fourth-order valence-electron chi connectivity index (χ4n) is 1.85. The van der Waals surface area contributed by atoms with E-state index in [0.29, 0.717) is 13.2 Å². The van der Waals surface area contributed by atoms with E-state index < -0.39 is 0 Å². The fraction of sp³-hybridized carbons (Fsp3) is 0.250. The lowest BCUT2D eigenvalue weighted by Gasteiger charge is -2.13. The van der Waals surface area contributed by atoms with Crippen LogP contribution < -0.4 is 4.74 Å². The van der Waals surface area contributed by atoms with Crippen LogP contribution in [0.1, 0.15) is 16.5 Å². The average molecular weight is 435 g/mol. The molecule has 2 aromatic carbocycles. The molecule has 0 saturated carbocycles. The first-order valence-electron chi connectivity index (χ1n) is 6.42. The summed E-state index contributed by atoms with van der Waals surface area (Å²) in [5.41, 5.74) is 2.07. The molecule has 5 heteroatoms. The summed E-state index contributed by atoms with van der Waals surface area (Å²) < 4.78 is 12.5. The van der Waals surface area contributed by atoms with Gasteiger partial charge in [-0.1, -0.05) is 34.1 Å². The maximum absolute atomic E-state index is 6.54. The molecule has 112 valence electrons. The Morgan fingerprint density at radius 1 is 1.00 bits per heavy atom. The monoisotopic (exact) mass is 432 g/mol. The Morgan fingerprint density at radius 2 is 1.67 bits per heavy atom. The molecule has 0 amide bonds. The Kier molecular flexibility index (Phi) is 6.55. The van der Waals surface area contributed by atoms with E-state index in [0.717, 1.165) is 25.8 Å². The minimum Gasteiger partial charge on any atom is -0.490 e. The van der Waals surface area contributed by atoms with Crippen LogP contribution in [0, 0.1) is 0 Å². The Balaban J connectivity index is 2.13. The van der Waals surface area contributed by atoms with E-state index in [9.17, 15) is 0 Å². The number of halogens is 3. The van der Waals surface area contributed by atoms with Gasteiger partial charge in [0.2, 0.25) is 0 Å². The lowest BCUT2D eigenvalue weighted by atomic mass is 10.0. The van der Waals surface area contributed by atoms with E-state index in [4.69, 9.17) is 21.1 Å². The minimum absolute atomic E-state index is 0.192. The van der Waals surface area contributed by atoms with Crippen LogP contribution in [0.5, 0.6) is 5.75 Å². The van der Waals surface area contributed by atoms with Crippen molar-refractivity contribution in [1.29, 1.82) is 0 Å². The van der Waals surface area contributed by atoms with Crippen molar-refractivity contribution in [3.63, 3.8) is 0 Å². The molecule has 0 spiro atoms. The molecule has 21 heavy (non-hydrogen) atoms. The van der Waals surface area contributed by atoms with Gasteiger partial charge >= 0.3 is 0 Å². The number of rotatable bonds is 6. The van der Waals surface area contributed by atoms with Crippen molar-refractivity contribution in [1.82, 2.24) is 0 Å². The van der Waals surface area contributed by atoms with Gasteiger partial charge in [0, 0.05) is 11.6 Å². The highest BCUT2D eigenvalue weighted by atomic mass is 79.9. The maximum Gasteiger partial charge on any atom is 0.133 e. The molecule has 2 aromatic rings. The molecule has 0 radical (unpaired) electrons. The van der Waals surface area contributed by atoms with Crippen molar-refractivity contribution >= 4 is 43.5 Å². The molecular weight excluding hydrogens is 419 g/mol. The highest BCUT2D eigenvalue weighted by Gasteiger charge is 2.13. The quantitative estimate of drug-likeness (QED) is 0.437. The third-order valence-electron chi connectivity index (χ3n) is 2.96. The topological polar surface area (TPSA) is 18.5 Å². The molecule has 0 N–H and O–H groups in total. The lowest BCUT2D eigenvalue weighted by molar-refractivity contribution is 0.146. The Hall–Kier alpha value is -0.550. The number of ether oxygens (including phenoxy) is 2. The molecule has 0 fully saturated rings. The number of hydrogen-bond donors (Lipinski definition) is 0. The summed E-state index contributed by atoms with van der Waals surface area (Å²) >= 11 is 13.5. The normalized spacial score (nSPS) is 12.2. The first kappa shape index (κ1) is 16.8. The van der Waals surface area contributed by atoms with Crippen molar-refractivity contribution in [2.24, 2.45) is 0 Å². The number of alkyl halides is 1. The summed E-state index contributed by atoms with van der Waals surface area (Å²) in [6.07, 6.45) is 0. The van der Waals surface area contributed by atoms with E-state index in [-0.39, 0.29) is 5.38 Å². The number of hydrogen-bond acceptors (Lipinski definition) is 2. The predicted molar refractivity (Wildman–Crippen MR) is 93.4 cm³/mol. The third kappa shape index (κ3) is 4.71. The fourth-order valence-corrected chi connectivity index (χ4v) is 2.91. The second kappa shape index (κ2) is 8.18. The zero-order chi connectivity index (χ0) is 15.2. The van der Waals surface area contributed by atoms with Crippen LogP contribution in [-0.4, -0.2) is 20.3 Å². The second-order valence-electron chi connectivity index (χ2n) is 4.45. The molecule has 0 aliphatic rings. The largest absolute Gasteiger partial charge is 0.490 e. The summed E-state index contributed by atoms with van der Waals surface area (Å²) in [5.74, 6) is 0.787. The summed E-state index contributed by atoms with van der Waals surface area (Å²) in [6, 6.07) is 13.9. The van der Waals surface area contributed by atoms with Gasteiger partial charge in [0.15, 0.2) is 0 Å². The van der Waals surface area contributed by atoms with Gasteiger partial charge in [-0.15, -0.1) is 11.6 Å². The van der Waals surface area contributed by atoms with Crippen LogP contribution in [0.3, 0.4) is 0 Å². The standard InChI is InChI=1S/C16H15Br2ClO2/c1-20-8-9-21-15-7-4-12(10-14(15)18)16(19)11-2-5-13(17)6-3-11/h2-7,10,16H,8-9H2,1H3. The van der Waals surface area contributed by atoms with Crippen molar-refractivity contribution < 1.29 is 9.47 Å². The SMILES string of the molecule is COCCOc1ccc(C(Cl)c2ccc(Br)cc2)cc1Br. The van der Waals surface area contributed by atoms with Crippen molar-refractivity contribution in [3.8, 4) is 5.75 Å². The molecule has 2 rings (SSSR count). The Bertz CT molecular complexity index is 587. The van der Waals surface area contributed by atoms with Gasteiger partial charge in [0.25, 0.3) is 0 Å². The lowest BCUT2D eigenvalue weighted by Crippen LogP contribution is -2.05. The van der Waals surface area contributed by atoms with Gasteiger partial charge < -0.3 is 9.47 Å².